The van der Waals surface area contributed by atoms with Crippen LogP contribution in [0.2, 0.25) is 0 Å². The predicted octanol–water partition coefficient (Wildman–Crippen LogP) is 0.415. The van der Waals surface area contributed by atoms with Crippen LogP contribution < -0.4 is 10.5 Å². The van der Waals surface area contributed by atoms with Gasteiger partial charge in [0.2, 0.25) is 0 Å². The van der Waals surface area contributed by atoms with Crippen molar-refractivity contribution >= 4 is 5.97 Å². The van der Waals surface area contributed by atoms with E-state index in [4.69, 9.17) is 22.0 Å². The number of rotatable bonds is 4. The molecular formula is C11H10NO3. The van der Waals surface area contributed by atoms with Crippen LogP contribution in [0.3, 0.4) is 0 Å². The molecule has 1 unspecified atom stereocenters. The van der Waals surface area contributed by atoms with Crippen molar-refractivity contribution in [2.45, 2.75) is 6.04 Å². The highest BCUT2D eigenvalue weighted by Crippen LogP contribution is 2.11. The van der Waals surface area contributed by atoms with E-state index in [0.29, 0.717) is 11.3 Å². The zero-order chi connectivity index (χ0) is 11.3. The molecule has 0 fully saturated rings. The highest BCUT2D eigenvalue weighted by molar-refractivity contribution is 5.73. The lowest BCUT2D eigenvalue weighted by atomic mass is 10.2. The van der Waals surface area contributed by atoms with Gasteiger partial charge in [0.15, 0.2) is 0 Å². The minimum Gasteiger partial charge on any atom is -0.491 e. The maximum absolute atomic E-state index is 10.4. The molecule has 1 aromatic carbocycles. The summed E-state index contributed by atoms with van der Waals surface area (Å²) in [6.07, 6.45) is 6.85. The number of aliphatic carboxylic acids is 1. The molecule has 1 aromatic rings. The van der Waals surface area contributed by atoms with Gasteiger partial charge in [0.1, 0.15) is 18.4 Å². The molecule has 0 amide bonds. The Morgan fingerprint density at radius 2 is 2.13 bits per heavy atom. The van der Waals surface area contributed by atoms with Gasteiger partial charge in [-0.3, -0.25) is 4.79 Å². The smallest absolute Gasteiger partial charge is 0.324 e. The third kappa shape index (κ3) is 3.33. The molecule has 0 aliphatic carbocycles. The Labute approximate surface area is 87.7 Å². The number of carboxylic acid groups (broad SMARTS) is 1. The lowest BCUT2D eigenvalue weighted by molar-refractivity contribution is -0.139. The van der Waals surface area contributed by atoms with Crippen LogP contribution in [0, 0.1) is 12.3 Å². The van der Waals surface area contributed by atoms with E-state index in [-0.39, 0.29) is 6.61 Å². The van der Waals surface area contributed by atoms with Crippen LogP contribution in [0.15, 0.2) is 24.3 Å². The number of carboxylic acids is 1. The normalized spacial score (nSPS) is 11.5. The number of hydrogen-bond acceptors (Lipinski definition) is 3. The molecule has 0 aliphatic heterocycles. The Hall–Kier alpha value is -1.99. The van der Waals surface area contributed by atoms with Crippen molar-refractivity contribution < 1.29 is 14.6 Å². The first-order valence-corrected chi connectivity index (χ1v) is 4.27. The van der Waals surface area contributed by atoms with Crippen molar-refractivity contribution in [2.75, 3.05) is 6.61 Å². The van der Waals surface area contributed by atoms with E-state index in [2.05, 4.69) is 5.92 Å². The van der Waals surface area contributed by atoms with Crippen LogP contribution in [0.1, 0.15) is 5.56 Å². The molecule has 1 radical (unpaired) electrons. The fourth-order valence-corrected chi connectivity index (χ4v) is 0.892. The zero-order valence-electron chi connectivity index (χ0n) is 7.93. The van der Waals surface area contributed by atoms with E-state index in [1.54, 1.807) is 24.3 Å². The maximum Gasteiger partial charge on any atom is 0.324 e. The molecule has 0 spiro atoms. The summed E-state index contributed by atoms with van der Waals surface area (Å²) in [6.45, 7) is -0.0804. The molecule has 77 valence electrons. The van der Waals surface area contributed by atoms with Gasteiger partial charge < -0.3 is 15.6 Å². The molecule has 0 aromatic heterocycles. The molecule has 0 bridgehead atoms. The molecule has 3 N–H and O–H groups in total. The largest absolute Gasteiger partial charge is 0.491 e. The molecule has 0 saturated heterocycles. The molecule has 1 rings (SSSR count). The van der Waals surface area contributed by atoms with Gasteiger partial charge in [-0.25, -0.2) is 0 Å². The standard InChI is InChI=1S/C11H10NO3/c1-2-8-3-5-9(6-4-8)15-7-10(12)11(13)14/h3-6,10H,7,12H2,(H,13,14). The Bertz CT molecular complexity index is 378. The second-order valence-electron chi connectivity index (χ2n) is 2.91. The second-order valence-corrected chi connectivity index (χ2v) is 2.91. The van der Waals surface area contributed by atoms with Crippen molar-refractivity contribution in [3.8, 4) is 11.7 Å². The topological polar surface area (TPSA) is 72.5 Å². The van der Waals surface area contributed by atoms with E-state index >= 15 is 0 Å². The molecule has 15 heavy (non-hydrogen) atoms. The Kier molecular flexibility index (Phi) is 3.72. The van der Waals surface area contributed by atoms with Crippen LogP contribution in [0.25, 0.3) is 0 Å². The minimum absolute atomic E-state index is 0.0804. The first-order valence-electron chi connectivity index (χ1n) is 4.27. The molecule has 0 saturated carbocycles. The quantitative estimate of drug-likeness (QED) is 0.697. The van der Waals surface area contributed by atoms with Crippen LogP contribution in [0.5, 0.6) is 5.75 Å². The third-order valence-corrected chi connectivity index (χ3v) is 1.75. The van der Waals surface area contributed by atoms with Gasteiger partial charge in [0, 0.05) is 5.56 Å². The van der Waals surface area contributed by atoms with Gasteiger partial charge in [0.25, 0.3) is 0 Å². The minimum atomic E-state index is -1.10. The Balaban J connectivity index is 2.52. The Morgan fingerprint density at radius 3 is 2.60 bits per heavy atom. The van der Waals surface area contributed by atoms with Gasteiger partial charge in [-0.15, -0.1) is 0 Å². The first kappa shape index (κ1) is 11.1. The molecule has 1 atom stereocenters. The van der Waals surface area contributed by atoms with Crippen LogP contribution >= 0.6 is 0 Å². The molecular weight excluding hydrogens is 194 g/mol. The summed E-state index contributed by atoms with van der Waals surface area (Å²) in [4.78, 5) is 10.4. The van der Waals surface area contributed by atoms with Crippen molar-refractivity contribution in [3.05, 3.63) is 36.3 Å². The van der Waals surface area contributed by atoms with E-state index < -0.39 is 12.0 Å². The summed E-state index contributed by atoms with van der Waals surface area (Å²) in [5.74, 6) is 1.63. The predicted molar refractivity (Wildman–Crippen MR) is 53.8 cm³/mol. The summed E-state index contributed by atoms with van der Waals surface area (Å²) < 4.78 is 5.13. The van der Waals surface area contributed by atoms with Gasteiger partial charge >= 0.3 is 5.97 Å². The summed E-state index contributed by atoms with van der Waals surface area (Å²) in [5, 5.41) is 8.50. The SMILES string of the molecule is [C]#Cc1ccc(OCC(N)C(=O)O)cc1. The Morgan fingerprint density at radius 1 is 1.53 bits per heavy atom. The fourth-order valence-electron chi connectivity index (χ4n) is 0.892. The van der Waals surface area contributed by atoms with Crippen LogP contribution in [-0.4, -0.2) is 23.7 Å². The van der Waals surface area contributed by atoms with E-state index in [1.165, 1.54) is 0 Å². The zero-order valence-corrected chi connectivity index (χ0v) is 7.93. The van der Waals surface area contributed by atoms with Crippen molar-refractivity contribution in [3.63, 3.8) is 0 Å². The van der Waals surface area contributed by atoms with Crippen molar-refractivity contribution in [1.29, 1.82) is 0 Å². The van der Waals surface area contributed by atoms with Crippen molar-refractivity contribution in [2.24, 2.45) is 5.73 Å². The average Bonchev–Trinajstić information content (AvgIpc) is 2.26. The maximum atomic E-state index is 10.4. The van der Waals surface area contributed by atoms with E-state index in [9.17, 15) is 4.79 Å². The highest BCUT2D eigenvalue weighted by atomic mass is 16.5. The lowest BCUT2D eigenvalue weighted by Gasteiger charge is -2.08. The molecule has 4 heteroatoms. The number of nitrogens with two attached hydrogens (primary N) is 1. The average molecular weight is 204 g/mol. The second kappa shape index (κ2) is 5.03. The van der Waals surface area contributed by atoms with Crippen LogP contribution in [0.4, 0.5) is 0 Å². The lowest BCUT2D eigenvalue weighted by Crippen LogP contribution is -2.36. The van der Waals surface area contributed by atoms with Crippen LogP contribution in [-0.2, 0) is 4.79 Å². The molecule has 0 aliphatic rings. The first-order chi connectivity index (χ1) is 7.13. The van der Waals surface area contributed by atoms with Gasteiger partial charge in [-0.2, -0.15) is 0 Å². The van der Waals surface area contributed by atoms with Crippen molar-refractivity contribution in [1.82, 2.24) is 0 Å². The summed E-state index contributed by atoms with van der Waals surface area (Å²) in [6, 6.07) is 5.53. The number of benzene rings is 1. The molecule has 4 nitrogen and oxygen atoms in total. The number of ether oxygens (including phenoxy) is 1. The van der Waals surface area contributed by atoms with Gasteiger partial charge in [-0.05, 0) is 30.7 Å². The fraction of sp³-hybridized carbons (Fsp3) is 0.182. The third-order valence-electron chi connectivity index (χ3n) is 1.75. The van der Waals surface area contributed by atoms with Gasteiger partial charge in [-0.1, -0.05) is 5.92 Å². The summed E-state index contributed by atoms with van der Waals surface area (Å²) >= 11 is 0. The monoisotopic (exact) mass is 204 g/mol. The van der Waals surface area contributed by atoms with Gasteiger partial charge in [0.05, 0.1) is 0 Å². The summed E-state index contributed by atoms with van der Waals surface area (Å²) in [7, 11) is 0. The number of carbonyl (C=O) groups is 1. The molecule has 0 heterocycles. The van der Waals surface area contributed by atoms with E-state index in [1.807, 2.05) is 0 Å². The van der Waals surface area contributed by atoms with E-state index in [0.717, 1.165) is 0 Å². The highest BCUT2D eigenvalue weighted by Gasteiger charge is 2.11. The summed E-state index contributed by atoms with van der Waals surface area (Å²) in [5.41, 5.74) is 5.88. The number of hydrogen-bond donors (Lipinski definition) is 2.